The molecule has 2 bridgehead atoms. The van der Waals surface area contributed by atoms with E-state index in [0.29, 0.717) is 22.9 Å². The van der Waals surface area contributed by atoms with E-state index in [4.69, 9.17) is 16.3 Å². The van der Waals surface area contributed by atoms with Gasteiger partial charge < -0.3 is 15.0 Å². The minimum atomic E-state index is 0. The van der Waals surface area contributed by atoms with Crippen molar-refractivity contribution in [1.82, 2.24) is 10.2 Å². The molecule has 2 aliphatic heterocycles. The maximum atomic E-state index is 12.5. The van der Waals surface area contributed by atoms with Gasteiger partial charge in [0, 0.05) is 23.1 Å². The number of amides is 1. The normalized spacial score (nSPS) is 23.6. The molecule has 122 valence electrons. The van der Waals surface area contributed by atoms with Crippen LogP contribution >= 0.6 is 39.9 Å². The molecule has 3 rings (SSSR count). The molecule has 2 unspecified atom stereocenters. The minimum absolute atomic E-state index is 0. The Kier molecular flexibility index (Phi) is 6.38. The van der Waals surface area contributed by atoms with E-state index in [9.17, 15) is 4.79 Å². The number of carbonyl (C=O) groups is 1. The number of rotatable bonds is 3. The van der Waals surface area contributed by atoms with Crippen LogP contribution in [-0.4, -0.2) is 42.6 Å². The molecule has 2 aliphatic rings. The van der Waals surface area contributed by atoms with Crippen LogP contribution < -0.4 is 10.1 Å². The first-order chi connectivity index (χ1) is 10.1. The predicted molar refractivity (Wildman–Crippen MR) is 93.0 cm³/mol. The van der Waals surface area contributed by atoms with Crippen LogP contribution in [0.25, 0.3) is 0 Å². The summed E-state index contributed by atoms with van der Waals surface area (Å²) in [6, 6.07) is 6.07. The van der Waals surface area contributed by atoms with Gasteiger partial charge in [0.1, 0.15) is 5.75 Å². The van der Waals surface area contributed by atoms with Crippen LogP contribution in [0.5, 0.6) is 5.75 Å². The van der Waals surface area contributed by atoms with Gasteiger partial charge in [-0.1, -0.05) is 27.5 Å². The first-order valence-electron chi connectivity index (χ1n) is 7.25. The molecule has 0 spiro atoms. The number of benzene rings is 1. The zero-order valence-corrected chi connectivity index (χ0v) is 15.2. The van der Waals surface area contributed by atoms with Crippen LogP contribution in [0.15, 0.2) is 22.7 Å². The monoisotopic (exact) mass is 408 g/mol. The van der Waals surface area contributed by atoms with Gasteiger partial charge in [0.05, 0.1) is 5.02 Å². The van der Waals surface area contributed by atoms with Crippen molar-refractivity contribution in [3.8, 4) is 5.75 Å². The van der Waals surface area contributed by atoms with Gasteiger partial charge in [-0.2, -0.15) is 0 Å². The number of ether oxygens (including phenoxy) is 1. The highest BCUT2D eigenvalue weighted by Gasteiger charge is 2.37. The summed E-state index contributed by atoms with van der Waals surface area (Å²) in [5.74, 6) is 0.610. The van der Waals surface area contributed by atoms with Crippen molar-refractivity contribution in [1.29, 1.82) is 0 Å². The van der Waals surface area contributed by atoms with Crippen molar-refractivity contribution < 1.29 is 9.53 Å². The zero-order valence-electron chi connectivity index (χ0n) is 12.1. The van der Waals surface area contributed by atoms with Gasteiger partial charge in [-0.05, 0) is 44.0 Å². The van der Waals surface area contributed by atoms with Crippen LogP contribution in [0.4, 0.5) is 0 Å². The van der Waals surface area contributed by atoms with Gasteiger partial charge in [0.15, 0.2) is 6.61 Å². The molecule has 7 heteroatoms. The Balaban J connectivity index is 0.00000176. The maximum absolute atomic E-state index is 12.5. The molecule has 0 aromatic heterocycles. The lowest BCUT2D eigenvalue weighted by atomic mass is 10.1. The second-order valence-corrected chi connectivity index (χ2v) is 6.87. The second-order valence-electron chi connectivity index (χ2n) is 5.54. The fourth-order valence-corrected chi connectivity index (χ4v) is 3.92. The molecule has 1 N–H and O–H groups in total. The van der Waals surface area contributed by atoms with E-state index in [0.717, 1.165) is 36.8 Å². The molecule has 2 fully saturated rings. The summed E-state index contributed by atoms with van der Waals surface area (Å²) in [6.45, 7) is 1.93. The van der Waals surface area contributed by atoms with Crippen molar-refractivity contribution >= 4 is 45.8 Å². The quantitative estimate of drug-likeness (QED) is 0.832. The first kappa shape index (κ1) is 17.9. The zero-order chi connectivity index (χ0) is 14.8. The smallest absolute Gasteiger partial charge is 0.261 e. The molecule has 1 aromatic rings. The first-order valence-corrected chi connectivity index (χ1v) is 8.42. The van der Waals surface area contributed by atoms with Crippen LogP contribution in [0.3, 0.4) is 0 Å². The molecular formula is C15H19BrCl2N2O2. The molecule has 2 atom stereocenters. The molecule has 2 saturated heterocycles. The Bertz CT molecular complexity index is 530. The molecule has 0 saturated carbocycles. The third-order valence-corrected chi connectivity index (χ3v) is 4.98. The number of nitrogens with zero attached hydrogens (tertiary/aromatic N) is 1. The summed E-state index contributed by atoms with van der Waals surface area (Å²) in [4.78, 5) is 14.5. The molecule has 0 radical (unpaired) electrons. The highest BCUT2D eigenvalue weighted by Crippen LogP contribution is 2.30. The van der Waals surface area contributed by atoms with E-state index in [1.807, 2.05) is 11.0 Å². The lowest BCUT2D eigenvalue weighted by molar-refractivity contribution is -0.135. The summed E-state index contributed by atoms with van der Waals surface area (Å²) in [6.07, 6.45) is 3.22. The van der Waals surface area contributed by atoms with Crippen molar-refractivity contribution in [3.05, 3.63) is 27.7 Å². The van der Waals surface area contributed by atoms with Gasteiger partial charge in [0.25, 0.3) is 5.91 Å². The Hall–Kier alpha value is -0.490. The maximum Gasteiger partial charge on any atom is 0.261 e. The Morgan fingerprint density at radius 3 is 2.91 bits per heavy atom. The summed E-state index contributed by atoms with van der Waals surface area (Å²) < 4.78 is 6.50. The number of carbonyl (C=O) groups excluding carboxylic acids is 1. The fraction of sp³-hybridized carbons (Fsp3) is 0.533. The van der Waals surface area contributed by atoms with Gasteiger partial charge in [0.2, 0.25) is 0 Å². The average molecular weight is 410 g/mol. The van der Waals surface area contributed by atoms with E-state index < -0.39 is 0 Å². The highest BCUT2D eigenvalue weighted by atomic mass is 79.9. The lowest BCUT2D eigenvalue weighted by Gasteiger charge is -2.27. The van der Waals surface area contributed by atoms with Gasteiger partial charge in [-0.15, -0.1) is 12.4 Å². The third kappa shape index (κ3) is 3.88. The standard InChI is InChI=1S/C15H18BrClN2O2.ClH/c16-10-1-4-14(13(17)7-10)21-9-15(20)19-11-2-3-12(19)8-18-6-5-11;/h1,4,7,11-12,18H,2-3,5-6,8-9H2;1H. The van der Waals surface area contributed by atoms with E-state index in [2.05, 4.69) is 21.2 Å². The molecule has 2 heterocycles. The molecule has 0 aliphatic carbocycles. The summed E-state index contributed by atoms with van der Waals surface area (Å²) in [7, 11) is 0. The minimum Gasteiger partial charge on any atom is -0.482 e. The molecular weight excluding hydrogens is 391 g/mol. The predicted octanol–water partition coefficient (Wildman–Crippen LogP) is 3.26. The van der Waals surface area contributed by atoms with E-state index in [1.54, 1.807) is 12.1 Å². The highest BCUT2D eigenvalue weighted by molar-refractivity contribution is 9.10. The fourth-order valence-electron chi connectivity index (χ4n) is 3.20. The summed E-state index contributed by atoms with van der Waals surface area (Å²) >= 11 is 9.45. The van der Waals surface area contributed by atoms with E-state index in [1.165, 1.54) is 0 Å². The molecule has 1 aromatic carbocycles. The molecule has 22 heavy (non-hydrogen) atoms. The average Bonchev–Trinajstić information content (AvgIpc) is 2.71. The largest absolute Gasteiger partial charge is 0.482 e. The SMILES string of the molecule is Cl.O=C(COc1ccc(Br)cc1Cl)N1C2CCNCC1CC2. The number of hydrogen-bond donors (Lipinski definition) is 1. The Morgan fingerprint density at radius 1 is 1.36 bits per heavy atom. The van der Waals surface area contributed by atoms with Crippen LogP contribution in [0, 0.1) is 0 Å². The summed E-state index contributed by atoms with van der Waals surface area (Å²) in [5.41, 5.74) is 0. The Morgan fingerprint density at radius 2 is 2.14 bits per heavy atom. The number of nitrogens with one attached hydrogen (secondary N) is 1. The number of halogens is 3. The summed E-state index contributed by atoms with van der Waals surface area (Å²) in [5, 5.41) is 3.90. The van der Waals surface area contributed by atoms with Crippen molar-refractivity contribution in [2.45, 2.75) is 31.3 Å². The van der Waals surface area contributed by atoms with Crippen LogP contribution in [0.1, 0.15) is 19.3 Å². The van der Waals surface area contributed by atoms with Crippen molar-refractivity contribution in [2.24, 2.45) is 0 Å². The molecule has 1 amide bonds. The van der Waals surface area contributed by atoms with Gasteiger partial charge >= 0.3 is 0 Å². The third-order valence-electron chi connectivity index (χ3n) is 4.19. The lowest BCUT2D eigenvalue weighted by Crippen LogP contribution is -2.44. The van der Waals surface area contributed by atoms with Crippen molar-refractivity contribution in [3.63, 3.8) is 0 Å². The topological polar surface area (TPSA) is 41.6 Å². The van der Waals surface area contributed by atoms with Crippen molar-refractivity contribution in [2.75, 3.05) is 19.7 Å². The van der Waals surface area contributed by atoms with Crippen LogP contribution in [0.2, 0.25) is 5.02 Å². The van der Waals surface area contributed by atoms with Crippen LogP contribution in [-0.2, 0) is 4.79 Å². The van der Waals surface area contributed by atoms with Gasteiger partial charge in [-0.25, -0.2) is 0 Å². The Labute approximate surface area is 150 Å². The van der Waals surface area contributed by atoms with Gasteiger partial charge in [-0.3, -0.25) is 4.79 Å². The number of fused-ring (bicyclic) bond motifs is 2. The number of hydrogen-bond acceptors (Lipinski definition) is 3. The molecule has 4 nitrogen and oxygen atoms in total. The van der Waals surface area contributed by atoms with E-state index >= 15 is 0 Å². The van der Waals surface area contributed by atoms with E-state index in [-0.39, 0.29) is 24.9 Å². The second kappa shape index (κ2) is 7.86.